The van der Waals surface area contributed by atoms with E-state index in [2.05, 4.69) is 5.32 Å². The first-order valence-electron chi connectivity index (χ1n) is 7.81. The van der Waals surface area contributed by atoms with E-state index in [1.165, 1.54) is 12.1 Å². The number of halogens is 4. The molecule has 134 valence electrons. The van der Waals surface area contributed by atoms with E-state index in [1.807, 2.05) is 0 Å². The van der Waals surface area contributed by atoms with E-state index in [0.29, 0.717) is 0 Å². The molecule has 0 bridgehead atoms. The predicted octanol–water partition coefficient (Wildman–Crippen LogP) is 4.09. The van der Waals surface area contributed by atoms with Crippen LogP contribution in [0.5, 0.6) is 5.75 Å². The second-order valence-corrected chi connectivity index (χ2v) is 5.81. The van der Waals surface area contributed by atoms with Gasteiger partial charge in [-0.3, -0.25) is 4.79 Å². The molecule has 1 aliphatic carbocycles. The number of ether oxygens (including phenoxy) is 1. The summed E-state index contributed by atoms with van der Waals surface area (Å²) in [4.78, 5) is 12.0. The van der Waals surface area contributed by atoms with Crippen molar-refractivity contribution < 1.29 is 31.5 Å². The minimum absolute atomic E-state index is 0.0249. The molecule has 4 nitrogen and oxygen atoms in total. The van der Waals surface area contributed by atoms with Crippen LogP contribution in [0.1, 0.15) is 42.0 Å². The van der Waals surface area contributed by atoms with Gasteiger partial charge in [0, 0.05) is 12.1 Å². The number of nitrogens with one attached hydrogen (secondary N) is 1. The molecular weight excluding hydrogens is 342 g/mol. The van der Waals surface area contributed by atoms with Gasteiger partial charge in [0.05, 0.1) is 0 Å². The number of hydrogen-bond acceptors (Lipinski definition) is 3. The van der Waals surface area contributed by atoms with Crippen molar-refractivity contribution in [2.75, 3.05) is 0 Å². The van der Waals surface area contributed by atoms with Crippen LogP contribution in [-0.2, 0) is 6.61 Å². The Labute approximate surface area is 140 Å². The highest BCUT2D eigenvalue weighted by atomic mass is 19.2. The zero-order valence-corrected chi connectivity index (χ0v) is 13.1. The summed E-state index contributed by atoms with van der Waals surface area (Å²) in [6.45, 7) is -0.493. The molecule has 0 spiro atoms. The van der Waals surface area contributed by atoms with Crippen LogP contribution in [0.25, 0.3) is 0 Å². The number of carbonyl (C=O) groups excluding carboxylic acids is 1. The van der Waals surface area contributed by atoms with E-state index >= 15 is 0 Å². The first kappa shape index (κ1) is 17.3. The first-order chi connectivity index (χ1) is 12.0. The fraction of sp³-hybridized carbons (Fsp3) is 0.353. The number of amides is 1. The van der Waals surface area contributed by atoms with Crippen LogP contribution in [0.15, 0.2) is 22.6 Å². The topological polar surface area (TPSA) is 51.5 Å². The molecule has 0 radical (unpaired) electrons. The van der Waals surface area contributed by atoms with Crippen LogP contribution in [0.2, 0.25) is 0 Å². The van der Waals surface area contributed by atoms with Crippen molar-refractivity contribution in [2.24, 2.45) is 0 Å². The Bertz CT molecular complexity index is 758. The second kappa shape index (κ2) is 7.16. The van der Waals surface area contributed by atoms with Gasteiger partial charge in [0.1, 0.15) is 12.4 Å². The molecule has 1 N–H and O–H groups in total. The van der Waals surface area contributed by atoms with Gasteiger partial charge in [0.2, 0.25) is 11.6 Å². The Kier molecular flexibility index (Phi) is 4.96. The summed E-state index contributed by atoms with van der Waals surface area (Å²) in [6.07, 6.45) is 3.94. The molecular formula is C17H15F4NO3. The Balaban J connectivity index is 1.65. The lowest BCUT2D eigenvalue weighted by molar-refractivity contribution is 0.0905. The van der Waals surface area contributed by atoms with Gasteiger partial charge in [-0.2, -0.15) is 8.78 Å². The lowest BCUT2D eigenvalue weighted by Gasteiger charge is -2.10. The predicted molar refractivity (Wildman–Crippen MR) is 79.0 cm³/mol. The van der Waals surface area contributed by atoms with E-state index in [0.717, 1.165) is 25.7 Å². The van der Waals surface area contributed by atoms with Gasteiger partial charge in [0.15, 0.2) is 23.1 Å². The number of rotatable bonds is 5. The number of carbonyl (C=O) groups is 1. The Morgan fingerprint density at radius 3 is 2.40 bits per heavy atom. The van der Waals surface area contributed by atoms with E-state index in [1.54, 1.807) is 0 Å². The van der Waals surface area contributed by atoms with Crippen LogP contribution in [0.4, 0.5) is 17.6 Å². The number of furan rings is 1. The maximum Gasteiger partial charge on any atom is 0.287 e. The van der Waals surface area contributed by atoms with Gasteiger partial charge in [-0.15, -0.1) is 0 Å². The van der Waals surface area contributed by atoms with Crippen LogP contribution in [0.3, 0.4) is 0 Å². The molecule has 1 fully saturated rings. The summed E-state index contributed by atoms with van der Waals surface area (Å²) < 4.78 is 63.3. The van der Waals surface area contributed by atoms with Crippen molar-refractivity contribution in [1.82, 2.24) is 5.32 Å². The molecule has 0 atom stereocenters. The van der Waals surface area contributed by atoms with Gasteiger partial charge in [-0.05, 0) is 25.0 Å². The van der Waals surface area contributed by atoms with Crippen molar-refractivity contribution >= 4 is 5.91 Å². The highest BCUT2D eigenvalue weighted by Gasteiger charge is 2.22. The Morgan fingerprint density at radius 2 is 1.76 bits per heavy atom. The molecule has 1 aromatic heterocycles. The summed E-state index contributed by atoms with van der Waals surface area (Å²) in [5.74, 6) is -7.86. The number of hydrogen-bond donors (Lipinski definition) is 1. The lowest BCUT2D eigenvalue weighted by Crippen LogP contribution is -2.32. The maximum atomic E-state index is 13.5. The summed E-state index contributed by atoms with van der Waals surface area (Å²) in [5, 5.41) is 2.82. The molecule has 8 heteroatoms. The average Bonchev–Trinajstić information content (AvgIpc) is 3.24. The van der Waals surface area contributed by atoms with Gasteiger partial charge < -0.3 is 14.5 Å². The van der Waals surface area contributed by atoms with Crippen molar-refractivity contribution in [2.45, 2.75) is 38.3 Å². The molecule has 0 unspecified atom stereocenters. The first-order valence-corrected chi connectivity index (χ1v) is 7.81. The lowest BCUT2D eigenvalue weighted by atomic mass is 10.2. The maximum absolute atomic E-state index is 13.5. The summed E-state index contributed by atoms with van der Waals surface area (Å²) in [7, 11) is 0. The fourth-order valence-electron chi connectivity index (χ4n) is 2.73. The molecule has 1 amide bonds. The third-order valence-electron chi connectivity index (χ3n) is 4.01. The quantitative estimate of drug-likeness (QED) is 0.648. The van der Waals surface area contributed by atoms with Crippen molar-refractivity contribution in [3.8, 4) is 5.75 Å². The van der Waals surface area contributed by atoms with Crippen LogP contribution >= 0.6 is 0 Å². The zero-order chi connectivity index (χ0) is 18.0. The van der Waals surface area contributed by atoms with Gasteiger partial charge in [-0.25, -0.2) is 8.78 Å². The third kappa shape index (κ3) is 3.78. The third-order valence-corrected chi connectivity index (χ3v) is 4.01. The second-order valence-electron chi connectivity index (χ2n) is 5.81. The molecule has 1 heterocycles. The van der Waals surface area contributed by atoms with Gasteiger partial charge >= 0.3 is 0 Å². The molecule has 25 heavy (non-hydrogen) atoms. The van der Waals surface area contributed by atoms with E-state index in [4.69, 9.17) is 9.15 Å². The zero-order valence-electron chi connectivity index (χ0n) is 13.1. The average molecular weight is 357 g/mol. The monoisotopic (exact) mass is 357 g/mol. The van der Waals surface area contributed by atoms with Crippen molar-refractivity contribution in [3.05, 3.63) is 53.0 Å². The standard InChI is InChI=1S/C17H15F4NO3/c18-11-7-12(19)15(21)16(14(11)20)24-8-10-5-6-13(25-10)17(23)22-9-3-1-2-4-9/h5-7,9H,1-4,8H2,(H,22,23). The van der Waals surface area contributed by atoms with E-state index in [9.17, 15) is 22.4 Å². The van der Waals surface area contributed by atoms with Crippen LogP contribution in [0, 0.1) is 23.3 Å². The molecule has 1 saturated carbocycles. The van der Waals surface area contributed by atoms with E-state index in [-0.39, 0.29) is 23.6 Å². The van der Waals surface area contributed by atoms with E-state index < -0.39 is 41.5 Å². The summed E-state index contributed by atoms with van der Waals surface area (Å²) in [6, 6.07) is 2.98. The molecule has 3 rings (SSSR count). The van der Waals surface area contributed by atoms with Gasteiger partial charge in [0.25, 0.3) is 5.91 Å². The molecule has 1 aromatic carbocycles. The molecule has 0 saturated heterocycles. The van der Waals surface area contributed by atoms with Gasteiger partial charge in [-0.1, -0.05) is 12.8 Å². The van der Waals surface area contributed by atoms with Crippen molar-refractivity contribution in [3.63, 3.8) is 0 Å². The fourth-order valence-corrected chi connectivity index (χ4v) is 2.73. The summed E-state index contributed by atoms with van der Waals surface area (Å²) in [5.41, 5.74) is 0. The highest BCUT2D eigenvalue weighted by molar-refractivity contribution is 5.91. The normalized spacial score (nSPS) is 14.7. The highest BCUT2D eigenvalue weighted by Crippen LogP contribution is 2.27. The Morgan fingerprint density at radius 1 is 1.12 bits per heavy atom. The molecule has 2 aromatic rings. The molecule has 1 aliphatic rings. The molecule has 0 aliphatic heterocycles. The minimum atomic E-state index is -1.63. The Hall–Kier alpha value is -2.51. The smallest absolute Gasteiger partial charge is 0.287 e. The number of benzene rings is 1. The largest absolute Gasteiger partial charge is 0.479 e. The van der Waals surface area contributed by atoms with Crippen LogP contribution in [-0.4, -0.2) is 11.9 Å². The summed E-state index contributed by atoms with van der Waals surface area (Å²) >= 11 is 0. The SMILES string of the molecule is O=C(NC1CCCC1)c1ccc(COc2c(F)c(F)cc(F)c2F)o1. The van der Waals surface area contributed by atoms with Crippen molar-refractivity contribution in [1.29, 1.82) is 0 Å². The van der Waals surface area contributed by atoms with Crippen LogP contribution < -0.4 is 10.1 Å². The minimum Gasteiger partial charge on any atom is -0.479 e.